The smallest absolute Gasteiger partial charge is 0.427 e. The quantitative estimate of drug-likeness (QED) is 0.518. The highest BCUT2D eigenvalue weighted by Gasteiger charge is 2.13. The number of rotatable bonds is 3. The molecule has 0 saturated carbocycles. The number of halogens is 1. The predicted octanol–water partition coefficient (Wildman–Crippen LogP) is 2.33. The van der Waals surface area contributed by atoms with E-state index in [1.54, 1.807) is 13.0 Å². The number of nitro benzene ring substituents is 1. The molecule has 0 unspecified atom stereocenters. The van der Waals surface area contributed by atoms with Crippen molar-refractivity contribution in [1.29, 1.82) is 0 Å². The molecule has 96 valence electrons. The molecule has 1 rings (SSSR count). The Labute approximate surface area is 108 Å². The monoisotopic (exact) mass is 271 g/mol. The molecule has 0 aliphatic carbocycles. The third-order valence-electron chi connectivity index (χ3n) is 2.06. The number of nitrogens with one attached hydrogen (secondary N) is 1. The Hall–Kier alpha value is -2.15. The third-order valence-corrected chi connectivity index (χ3v) is 2.38. The first-order chi connectivity index (χ1) is 8.45. The van der Waals surface area contributed by atoms with E-state index >= 15 is 0 Å². The highest BCUT2D eigenvalue weighted by molar-refractivity contribution is 6.32. The van der Waals surface area contributed by atoms with Gasteiger partial charge in [0.25, 0.3) is 5.69 Å². The Morgan fingerprint density at radius 3 is 2.78 bits per heavy atom. The second-order valence-electron chi connectivity index (χ2n) is 3.22. The number of benzene rings is 1. The molecule has 0 spiro atoms. The highest BCUT2D eigenvalue weighted by Crippen LogP contribution is 2.25. The Bertz CT molecular complexity index is 516. The van der Waals surface area contributed by atoms with Crippen LogP contribution in [0.15, 0.2) is 23.3 Å². The van der Waals surface area contributed by atoms with Crippen LogP contribution in [0.1, 0.15) is 12.5 Å². The van der Waals surface area contributed by atoms with E-state index in [2.05, 4.69) is 15.3 Å². The maximum absolute atomic E-state index is 10.8. The summed E-state index contributed by atoms with van der Waals surface area (Å²) >= 11 is 5.67. The SMILES string of the molecule is COC(=O)N/N=C(/C)c1ccc(Cl)c([N+](=O)[O-])c1. The van der Waals surface area contributed by atoms with Gasteiger partial charge < -0.3 is 4.74 Å². The first-order valence-electron chi connectivity index (χ1n) is 4.78. The molecule has 0 heterocycles. The largest absolute Gasteiger partial charge is 0.452 e. The molecule has 18 heavy (non-hydrogen) atoms. The molecule has 1 N–H and O–H groups in total. The molecule has 0 atom stereocenters. The molecule has 1 aromatic rings. The van der Waals surface area contributed by atoms with Crippen molar-refractivity contribution in [1.82, 2.24) is 5.43 Å². The third kappa shape index (κ3) is 3.42. The predicted molar refractivity (Wildman–Crippen MR) is 65.9 cm³/mol. The van der Waals surface area contributed by atoms with Crippen molar-refractivity contribution in [3.8, 4) is 0 Å². The van der Waals surface area contributed by atoms with Crippen LogP contribution in [0.2, 0.25) is 5.02 Å². The molecule has 0 radical (unpaired) electrons. The lowest BCUT2D eigenvalue weighted by Gasteiger charge is -2.02. The average molecular weight is 272 g/mol. The molecule has 0 saturated heterocycles. The number of ether oxygens (including phenoxy) is 1. The van der Waals surface area contributed by atoms with Crippen molar-refractivity contribution in [2.45, 2.75) is 6.92 Å². The lowest BCUT2D eigenvalue weighted by Crippen LogP contribution is -2.18. The molecule has 0 fully saturated rings. The summed E-state index contributed by atoms with van der Waals surface area (Å²) in [6, 6.07) is 4.24. The minimum atomic E-state index is -0.724. The van der Waals surface area contributed by atoms with E-state index in [1.165, 1.54) is 19.2 Å². The van der Waals surface area contributed by atoms with Crippen LogP contribution in [0.5, 0.6) is 0 Å². The molecule has 0 bridgehead atoms. The van der Waals surface area contributed by atoms with Crippen LogP contribution in [0.25, 0.3) is 0 Å². The number of hydrazone groups is 1. The van der Waals surface area contributed by atoms with E-state index in [1.807, 2.05) is 0 Å². The van der Waals surface area contributed by atoms with Gasteiger partial charge in [0.1, 0.15) is 5.02 Å². The molecule has 1 aromatic carbocycles. The molecular weight excluding hydrogens is 262 g/mol. The molecule has 7 nitrogen and oxygen atoms in total. The van der Waals surface area contributed by atoms with Crippen LogP contribution in [-0.4, -0.2) is 23.8 Å². The van der Waals surface area contributed by atoms with Gasteiger partial charge in [-0.2, -0.15) is 5.10 Å². The summed E-state index contributed by atoms with van der Waals surface area (Å²) in [5.41, 5.74) is 2.76. The summed E-state index contributed by atoms with van der Waals surface area (Å²) in [5.74, 6) is 0. The van der Waals surface area contributed by atoms with Crippen molar-refractivity contribution in [2.75, 3.05) is 7.11 Å². The van der Waals surface area contributed by atoms with Gasteiger partial charge in [-0.25, -0.2) is 10.2 Å². The van der Waals surface area contributed by atoms with Gasteiger partial charge in [0.15, 0.2) is 0 Å². The van der Waals surface area contributed by atoms with Crippen LogP contribution in [-0.2, 0) is 4.74 Å². The van der Waals surface area contributed by atoms with E-state index in [-0.39, 0.29) is 10.7 Å². The normalized spacial score (nSPS) is 10.9. The minimum absolute atomic E-state index is 0.0393. The second-order valence-corrected chi connectivity index (χ2v) is 3.63. The Morgan fingerprint density at radius 1 is 1.56 bits per heavy atom. The topological polar surface area (TPSA) is 93.8 Å². The number of nitrogens with zero attached hydrogens (tertiary/aromatic N) is 2. The van der Waals surface area contributed by atoms with E-state index in [4.69, 9.17) is 11.6 Å². The van der Waals surface area contributed by atoms with E-state index in [0.717, 1.165) is 0 Å². The second kappa shape index (κ2) is 5.97. The van der Waals surface area contributed by atoms with E-state index in [9.17, 15) is 14.9 Å². The average Bonchev–Trinajstić information content (AvgIpc) is 2.35. The Kier molecular flexibility index (Phi) is 4.61. The summed E-state index contributed by atoms with van der Waals surface area (Å²) in [4.78, 5) is 20.9. The number of hydrogen-bond donors (Lipinski definition) is 1. The van der Waals surface area contributed by atoms with Gasteiger partial charge >= 0.3 is 6.09 Å². The number of methoxy groups -OCH3 is 1. The van der Waals surface area contributed by atoms with Crippen LogP contribution in [0.4, 0.5) is 10.5 Å². The van der Waals surface area contributed by atoms with Crippen molar-refractivity contribution < 1.29 is 14.5 Å². The fraction of sp³-hybridized carbons (Fsp3) is 0.200. The van der Waals surface area contributed by atoms with Crippen LogP contribution < -0.4 is 5.43 Å². The van der Waals surface area contributed by atoms with Crippen molar-refractivity contribution in [3.05, 3.63) is 38.9 Å². The number of carbonyl (C=O) groups is 1. The molecular formula is C10H10ClN3O4. The van der Waals surface area contributed by atoms with Gasteiger partial charge in [0, 0.05) is 11.6 Å². The summed E-state index contributed by atoms with van der Waals surface area (Å²) < 4.78 is 4.33. The zero-order valence-electron chi connectivity index (χ0n) is 9.64. The van der Waals surface area contributed by atoms with Gasteiger partial charge in [-0.3, -0.25) is 10.1 Å². The number of amides is 1. The van der Waals surface area contributed by atoms with Gasteiger partial charge in [-0.1, -0.05) is 17.7 Å². The van der Waals surface area contributed by atoms with Gasteiger partial charge in [0.2, 0.25) is 0 Å². The first-order valence-corrected chi connectivity index (χ1v) is 5.16. The summed E-state index contributed by atoms with van der Waals surface area (Å²) in [6.07, 6.45) is -0.724. The highest BCUT2D eigenvalue weighted by atomic mass is 35.5. The van der Waals surface area contributed by atoms with Crippen LogP contribution in [0, 0.1) is 10.1 Å². The van der Waals surface area contributed by atoms with Crippen molar-refractivity contribution >= 4 is 29.1 Å². The first kappa shape index (κ1) is 13.9. The van der Waals surface area contributed by atoms with Crippen molar-refractivity contribution in [2.24, 2.45) is 5.10 Å². The van der Waals surface area contributed by atoms with Crippen LogP contribution >= 0.6 is 11.6 Å². The fourth-order valence-corrected chi connectivity index (χ4v) is 1.30. The van der Waals surface area contributed by atoms with Crippen LogP contribution in [0.3, 0.4) is 0 Å². The molecule has 8 heteroatoms. The lowest BCUT2D eigenvalue weighted by atomic mass is 10.1. The molecule has 0 aliphatic rings. The standard InChI is InChI=1S/C10H10ClN3O4/c1-6(12-13-10(15)18-2)7-3-4-8(11)9(5-7)14(16)17/h3-5H,1-2H3,(H,13,15)/b12-6-. The van der Waals surface area contributed by atoms with Gasteiger partial charge in [0.05, 0.1) is 17.7 Å². The maximum Gasteiger partial charge on any atom is 0.427 e. The van der Waals surface area contributed by atoms with E-state index in [0.29, 0.717) is 11.3 Å². The van der Waals surface area contributed by atoms with Gasteiger partial charge in [-0.05, 0) is 13.0 Å². The maximum atomic E-state index is 10.8. The number of nitro groups is 1. The minimum Gasteiger partial charge on any atom is -0.452 e. The number of carbonyl (C=O) groups excluding carboxylic acids is 1. The fourth-order valence-electron chi connectivity index (χ4n) is 1.12. The van der Waals surface area contributed by atoms with Crippen molar-refractivity contribution in [3.63, 3.8) is 0 Å². The van der Waals surface area contributed by atoms with Gasteiger partial charge in [-0.15, -0.1) is 0 Å². The molecule has 1 amide bonds. The lowest BCUT2D eigenvalue weighted by molar-refractivity contribution is -0.384. The summed E-state index contributed by atoms with van der Waals surface area (Å²) in [6.45, 7) is 1.59. The Morgan fingerprint density at radius 2 is 2.22 bits per heavy atom. The summed E-state index contributed by atoms with van der Waals surface area (Å²) in [7, 11) is 1.20. The Balaban J connectivity index is 2.99. The summed E-state index contributed by atoms with van der Waals surface area (Å²) in [5, 5.41) is 14.5. The zero-order valence-corrected chi connectivity index (χ0v) is 10.4. The zero-order chi connectivity index (χ0) is 13.7. The molecule has 0 aliphatic heterocycles. The number of hydrogen-bond acceptors (Lipinski definition) is 5. The molecule has 0 aromatic heterocycles. The van der Waals surface area contributed by atoms with E-state index < -0.39 is 11.0 Å².